The van der Waals surface area contributed by atoms with Gasteiger partial charge in [0.05, 0.1) is 0 Å². The third-order valence-electron chi connectivity index (χ3n) is 3.52. The monoisotopic (exact) mass is 249 g/mol. The van der Waals surface area contributed by atoms with Crippen LogP contribution in [0.3, 0.4) is 0 Å². The molecular weight excluding hydrogens is 226 g/mol. The zero-order valence-corrected chi connectivity index (χ0v) is 11.6. The largest absolute Gasteiger partial charge is 0.367 e. The molecule has 1 aliphatic rings. The van der Waals surface area contributed by atoms with Gasteiger partial charge in [-0.1, -0.05) is 6.92 Å². The normalized spacial score (nSPS) is 23.5. The Hall–Kier alpha value is -1.00. The van der Waals surface area contributed by atoms with Gasteiger partial charge >= 0.3 is 0 Å². The van der Waals surface area contributed by atoms with Gasteiger partial charge in [0.2, 0.25) is 0 Å². The molecule has 0 aliphatic carbocycles. The highest BCUT2D eigenvalue weighted by molar-refractivity contribution is 5.18. The lowest BCUT2D eigenvalue weighted by Crippen LogP contribution is -2.24. The first kappa shape index (κ1) is 13.4. The van der Waals surface area contributed by atoms with Crippen LogP contribution in [0.25, 0.3) is 0 Å². The quantitative estimate of drug-likeness (QED) is 0.813. The van der Waals surface area contributed by atoms with Gasteiger partial charge in [-0.3, -0.25) is 0 Å². The molecule has 0 spiro atoms. The summed E-state index contributed by atoms with van der Waals surface area (Å²) in [5, 5.41) is 3.38. The Bertz CT molecular complexity index is 400. The van der Waals surface area contributed by atoms with Gasteiger partial charge in [0.25, 0.3) is 0 Å². The van der Waals surface area contributed by atoms with Gasteiger partial charge in [-0.2, -0.15) is 0 Å². The van der Waals surface area contributed by atoms with E-state index in [1.54, 1.807) is 0 Å². The minimum Gasteiger partial charge on any atom is -0.367 e. The molecule has 2 heterocycles. The van der Waals surface area contributed by atoms with E-state index in [4.69, 9.17) is 4.74 Å². The third-order valence-corrected chi connectivity index (χ3v) is 3.52. The van der Waals surface area contributed by atoms with Crippen molar-refractivity contribution in [1.82, 2.24) is 15.3 Å². The third kappa shape index (κ3) is 2.87. The van der Waals surface area contributed by atoms with Gasteiger partial charge in [0, 0.05) is 30.6 Å². The average molecular weight is 249 g/mol. The van der Waals surface area contributed by atoms with E-state index in [2.05, 4.69) is 29.1 Å². The number of rotatable bonds is 5. The maximum atomic E-state index is 5.78. The molecule has 1 unspecified atom stereocenters. The molecule has 1 aromatic heterocycles. The molecule has 0 saturated carbocycles. The Morgan fingerprint density at radius 1 is 1.50 bits per heavy atom. The lowest BCUT2D eigenvalue weighted by molar-refractivity contribution is 0.00914. The molecule has 1 aliphatic heterocycles. The number of hydrogen-bond donors (Lipinski definition) is 1. The molecule has 0 radical (unpaired) electrons. The Labute approximate surface area is 109 Å². The Kier molecular flexibility index (Phi) is 4.30. The van der Waals surface area contributed by atoms with Crippen LogP contribution < -0.4 is 5.32 Å². The lowest BCUT2D eigenvalue weighted by Gasteiger charge is -2.22. The molecule has 4 nitrogen and oxygen atoms in total. The topological polar surface area (TPSA) is 47.0 Å². The maximum absolute atomic E-state index is 5.78. The predicted octanol–water partition coefficient (Wildman–Crippen LogP) is 2.31. The lowest BCUT2D eigenvalue weighted by atomic mass is 10.0. The van der Waals surface area contributed by atoms with Crippen molar-refractivity contribution in [3.8, 4) is 0 Å². The van der Waals surface area contributed by atoms with Crippen molar-refractivity contribution in [3.63, 3.8) is 0 Å². The molecule has 1 atom stereocenters. The summed E-state index contributed by atoms with van der Waals surface area (Å²) >= 11 is 0. The zero-order chi connectivity index (χ0) is 13.0. The van der Waals surface area contributed by atoms with Crippen LogP contribution in [0.15, 0.2) is 6.20 Å². The predicted molar refractivity (Wildman–Crippen MR) is 71.3 cm³/mol. The van der Waals surface area contributed by atoms with E-state index in [1.807, 2.05) is 13.1 Å². The number of aryl methyl sites for hydroxylation is 1. The van der Waals surface area contributed by atoms with E-state index < -0.39 is 0 Å². The highest BCUT2D eigenvalue weighted by atomic mass is 16.5. The Balaban J connectivity index is 2.09. The standard InChI is InChI=1S/C14H23N3O/c1-4-7-15-9-12-10-16-13(17-11(12)2)14(3)6-5-8-18-14/h10,15H,4-9H2,1-3H3. The fraction of sp³-hybridized carbons (Fsp3) is 0.714. The second-order valence-corrected chi connectivity index (χ2v) is 5.16. The smallest absolute Gasteiger partial charge is 0.160 e. The number of nitrogens with zero attached hydrogens (tertiary/aromatic N) is 2. The molecule has 1 aromatic rings. The first-order chi connectivity index (χ1) is 8.65. The summed E-state index contributed by atoms with van der Waals surface area (Å²) in [6, 6.07) is 0. The summed E-state index contributed by atoms with van der Waals surface area (Å²) in [5.41, 5.74) is 1.95. The summed E-state index contributed by atoms with van der Waals surface area (Å²) < 4.78 is 5.78. The fourth-order valence-corrected chi connectivity index (χ4v) is 2.28. The molecule has 4 heteroatoms. The molecule has 18 heavy (non-hydrogen) atoms. The summed E-state index contributed by atoms with van der Waals surface area (Å²) in [6.07, 6.45) is 5.19. The summed E-state index contributed by atoms with van der Waals surface area (Å²) in [4.78, 5) is 9.13. The van der Waals surface area contributed by atoms with Crippen LogP contribution in [0.1, 0.15) is 50.2 Å². The maximum Gasteiger partial charge on any atom is 0.160 e. The van der Waals surface area contributed by atoms with Crippen molar-refractivity contribution >= 4 is 0 Å². The minimum atomic E-state index is -0.278. The van der Waals surface area contributed by atoms with E-state index in [1.165, 1.54) is 5.56 Å². The van der Waals surface area contributed by atoms with Crippen LogP contribution in [-0.4, -0.2) is 23.1 Å². The van der Waals surface area contributed by atoms with Crippen LogP contribution in [-0.2, 0) is 16.9 Å². The van der Waals surface area contributed by atoms with Gasteiger partial charge in [0.1, 0.15) is 5.60 Å². The Morgan fingerprint density at radius 3 is 2.94 bits per heavy atom. The summed E-state index contributed by atoms with van der Waals surface area (Å²) in [6.45, 7) is 8.99. The van der Waals surface area contributed by atoms with E-state index >= 15 is 0 Å². The molecule has 0 bridgehead atoms. The van der Waals surface area contributed by atoms with E-state index in [0.29, 0.717) is 0 Å². The van der Waals surface area contributed by atoms with Crippen molar-refractivity contribution in [3.05, 3.63) is 23.3 Å². The molecule has 0 amide bonds. The summed E-state index contributed by atoms with van der Waals surface area (Å²) in [5.74, 6) is 0.830. The molecule has 0 aromatic carbocycles. The molecule has 1 saturated heterocycles. The highest BCUT2D eigenvalue weighted by Gasteiger charge is 2.34. The minimum absolute atomic E-state index is 0.278. The molecule has 1 N–H and O–H groups in total. The second-order valence-electron chi connectivity index (χ2n) is 5.16. The van der Waals surface area contributed by atoms with Crippen LogP contribution in [0.4, 0.5) is 0 Å². The van der Waals surface area contributed by atoms with Crippen LogP contribution in [0, 0.1) is 6.92 Å². The van der Waals surface area contributed by atoms with E-state index in [-0.39, 0.29) is 5.60 Å². The van der Waals surface area contributed by atoms with Crippen LogP contribution in [0.5, 0.6) is 0 Å². The first-order valence-electron chi connectivity index (χ1n) is 6.83. The summed E-state index contributed by atoms with van der Waals surface area (Å²) in [7, 11) is 0. The number of nitrogens with one attached hydrogen (secondary N) is 1. The number of ether oxygens (including phenoxy) is 1. The molecule has 100 valence electrons. The number of hydrogen-bond acceptors (Lipinski definition) is 4. The molecular formula is C14H23N3O. The zero-order valence-electron chi connectivity index (χ0n) is 11.6. The van der Waals surface area contributed by atoms with Gasteiger partial charge in [-0.05, 0) is 39.7 Å². The Morgan fingerprint density at radius 2 is 2.33 bits per heavy atom. The SMILES string of the molecule is CCCNCc1cnc(C2(C)CCCO2)nc1C. The van der Waals surface area contributed by atoms with E-state index in [0.717, 1.165) is 50.5 Å². The molecule has 1 fully saturated rings. The average Bonchev–Trinajstić information content (AvgIpc) is 2.80. The van der Waals surface area contributed by atoms with Crippen LogP contribution in [0.2, 0.25) is 0 Å². The van der Waals surface area contributed by atoms with E-state index in [9.17, 15) is 0 Å². The highest BCUT2D eigenvalue weighted by Crippen LogP contribution is 2.33. The van der Waals surface area contributed by atoms with Gasteiger partial charge in [0.15, 0.2) is 5.82 Å². The fourth-order valence-electron chi connectivity index (χ4n) is 2.28. The van der Waals surface area contributed by atoms with Crippen LogP contribution >= 0.6 is 0 Å². The van der Waals surface area contributed by atoms with Gasteiger partial charge in [-0.15, -0.1) is 0 Å². The first-order valence-corrected chi connectivity index (χ1v) is 6.83. The number of aromatic nitrogens is 2. The van der Waals surface area contributed by atoms with Crippen molar-refractivity contribution in [1.29, 1.82) is 0 Å². The van der Waals surface area contributed by atoms with Gasteiger partial charge < -0.3 is 10.1 Å². The van der Waals surface area contributed by atoms with Crippen molar-refractivity contribution < 1.29 is 4.74 Å². The van der Waals surface area contributed by atoms with Gasteiger partial charge in [-0.25, -0.2) is 9.97 Å². The van der Waals surface area contributed by atoms with Crippen molar-refractivity contribution in [2.24, 2.45) is 0 Å². The second kappa shape index (κ2) is 5.76. The molecule has 2 rings (SSSR count). The van der Waals surface area contributed by atoms with Crippen molar-refractivity contribution in [2.45, 2.75) is 52.2 Å². The van der Waals surface area contributed by atoms with Crippen molar-refractivity contribution in [2.75, 3.05) is 13.2 Å².